The van der Waals surface area contributed by atoms with Gasteiger partial charge < -0.3 is 19.2 Å². The number of rotatable bonds is 9. The molecule has 0 atom stereocenters. The van der Waals surface area contributed by atoms with Crippen LogP contribution in [0.15, 0.2) is 45.7 Å². The second kappa shape index (κ2) is 11.8. The lowest BCUT2D eigenvalue weighted by atomic mass is 9.95. The zero-order chi connectivity index (χ0) is 27.9. The molecule has 15 heteroatoms. The van der Waals surface area contributed by atoms with Crippen LogP contribution in [0, 0.1) is 22.7 Å². The minimum atomic E-state index is -1.00. The van der Waals surface area contributed by atoms with Crippen molar-refractivity contribution in [2.45, 2.75) is 6.92 Å². The van der Waals surface area contributed by atoms with Crippen LogP contribution in [0.2, 0.25) is 0 Å². The van der Waals surface area contributed by atoms with Crippen molar-refractivity contribution in [3.8, 4) is 34.1 Å². The Morgan fingerprint density at radius 2 is 1.87 bits per heavy atom. The predicted octanol–water partition coefficient (Wildman–Crippen LogP) is 2.32. The second-order valence-corrected chi connectivity index (χ2v) is 8.54. The number of carbonyl (C=O) groups is 2. The van der Waals surface area contributed by atoms with Crippen LogP contribution in [0.3, 0.4) is 0 Å². The van der Waals surface area contributed by atoms with Crippen LogP contribution >= 0.6 is 11.3 Å². The molecule has 0 spiro atoms. The molecule has 2 N–H and O–H groups in total. The molecule has 0 aliphatic heterocycles. The van der Waals surface area contributed by atoms with Gasteiger partial charge in [0.15, 0.2) is 5.76 Å². The first-order valence-corrected chi connectivity index (χ1v) is 11.9. The predicted molar refractivity (Wildman–Crippen MR) is 137 cm³/mol. The number of hydrogen-bond acceptors (Lipinski definition) is 12. The summed E-state index contributed by atoms with van der Waals surface area (Å²) in [5.41, 5.74) is -0.689. The number of hydrogen-bond donors (Lipinski definition) is 2. The van der Waals surface area contributed by atoms with E-state index in [0.29, 0.717) is 5.82 Å². The molecular weight excluding hydrogens is 528 g/mol. The average Bonchev–Trinajstić information content (AvgIpc) is 3.57. The molecule has 0 aliphatic rings. The van der Waals surface area contributed by atoms with E-state index in [4.69, 9.17) is 13.9 Å². The highest BCUT2D eigenvalue weighted by atomic mass is 32.1. The van der Waals surface area contributed by atoms with E-state index in [-0.39, 0.29) is 57.4 Å². The first kappa shape index (κ1) is 26.7. The van der Waals surface area contributed by atoms with Gasteiger partial charge in [-0.15, -0.1) is 10.2 Å². The van der Waals surface area contributed by atoms with E-state index in [0.717, 1.165) is 11.3 Å². The van der Waals surface area contributed by atoms with Crippen LogP contribution < -0.4 is 21.0 Å². The fraction of sp³-hybridized carbons (Fsp3) is 0.167. The van der Waals surface area contributed by atoms with Crippen molar-refractivity contribution in [3.05, 3.63) is 63.8 Å². The number of nitrogens with one attached hydrogen (secondary N) is 2. The Morgan fingerprint density at radius 1 is 1.13 bits per heavy atom. The fourth-order valence-electron chi connectivity index (χ4n) is 3.41. The standard InChI is InChI=1S/C24H18N8O6S/c1-13(33)28-18-6-7-27-32(18)24-31-30-23(39-24)29-21(34)17-10-16(20(22(35)38-17)37-9-8-36-2)19-14(11-25)4-3-5-15(19)12-26/h3-7,10H,8-9H2,1-2H3,(H,28,33)(H,29,30,34). The first-order chi connectivity index (χ1) is 18.9. The van der Waals surface area contributed by atoms with Gasteiger partial charge in [-0.1, -0.05) is 17.4 Å². The van der Waals surface area contributed by atoms with E-state index in [1.165, 1.54) is 49.2 Å². The summed E-state index contributed by atoms with van der Waals surface area (Å²) in [7, 11) is 1.45. The molecule has 4 aromatic rings. The van der Waals surface area contributed by atoms with Crippen molar-refractivity contribution >= 4 is 34.1 Å². The number of nitriles is 2. The van der Waals surface area contributed by atoms with Crippen LogP contribution in [0.1, 0.15) is 28.6 Å². The molecule has 14 nitrogen and oxygen atoms in total. The highest BCUT2D eigenvalue weighted by Gasteiger charge is 2.24. The number of methoxy groups -OCH3 is 1. The van der Waals surface area contributed by atoms with Gasteiger partial charge in [-0.05, 0) is 18.2 Å². The lowest BCUT2D eigenvalue weighted by Crippen LogP contribution is -2.18. The van der Waals surface area contributed by atoms with Crippen LogP contribution in [-0.2, 0) is 9.53 Å². The summed E-state index contributed by atoms with van der Waals surface area (Å²) in [5.74, 6) is -1.53. The molecule has 0 saturated carbocycles. The summed E-state index contributed by atoms with van der Waals surface area (Å²) in [6, 6.07) is 11.2. The Labute approximate surface area is 224 Å². The Hall–Kier alpha value is -5.38. The van der Waals surface area contributed by atoms with Crippen LogP contribution in [0.4, 0.5) is 10.9 Å². The molecule has 0 saturated heterocycles. The highest BCUT2D eigenvalue weighted by Crippen LogP contribution is 2.34. The van der Waals surface area contributed by atoms with E-state index in [1.54, 1.807) is 6.07 Å². The molecule has 3 aromatic heterocycles. The molecule has 4 rings (SSSR count). The molecular formula is C24H18N8O6S. The molecule has 39 heavy (non-hydrogen) atoms. The van der Waals surface area contributed by atoms with Gasteiger partial charge in [0.1, 0.15) is 12.4 Å². The second-order valence-electron chi connectivity index (χ2n) is 7.59. The molecule has 3 heterocycles. The van der Waals surface area contributed by atoms with Gasteiger partial charge in [0.05, 0.1) is 36.1 Å². The monoisotopic (exact) mass is 546 g/mol. The smallest absolute Gasteiger partial charge is 0.379 e. The zero-order valence-corrected chi connectivity index (χ0v) is 21.2. The van der Waals surface area contributed by atoms with E-state index >= 15 is 0 Å². The van der Waals surface area contributed by atoms with Crippen molar-refractivity contribution in [1.29, 1.82) is 10.5 Å². The summed E-state index contributed by atoms with van der Waals surface area (Å²) in [5, 5.41) is 36.6. The Bertz CT molecular complexity index is 1660. The van der Waals surface area contributed by atoms with E-state index in [1.807, 2.05) is 12.1 Å². The molecule has 2 amide bonds. The van der Waals surface area contributed by atoms with Gasteiger partial charge in [-0.2, -0.15) is 20.3 Å². The minimum Gasteiger partial charge on any atom is -0.484 e. The maximum atomic E-state index is 13.1. The summed E-state index contributed by atoms with van der Waals surface area (Å²) in [4.78, 5) is 37.4. The van der Waals surface area contributed by atoms with Gasteiger partial charge in [0.2, 0.25) is 21.9 Å². The Morgan fingerprint density at radius 3 is 2.54 bits per heavy atom. The zero-order valence-electron chi connectivity index (χ0n) is 20.4. The molecule has 1 aromatic carbocycles. The highest BCUT2D eigenvalue weighted by molar-refractivity contribution is 7.17. The maximum absolute atomic E-state index is 13.1. The Kier molecular flexibility index (Phi) is 8.06. The lowest BCUT2D eigenvalue weighted by molar-refractivity contribution is -0.114. The summed E-state index contributed by atoms with van der Waals surface area (Å²) in [6.45, 7) is 1.46. The average molecular weight is 547 g/mol. The number of anilines is 2. The number of nitrogens with zero attached hydrogens (tertiary/aromatic N) is 6. The van der Waals surface area contributed by atoms with Gasteiger partial charge in [-0.3, -0.25) is 14.9 Å². The van der Waals surface area contributed by atoms with Crippen LogP contribution in [-0.4, -0.2) is 52.1 Å². The van der Waals surface area contributed by atoms with E-state index in [9.17, 15) is 24.9 Å². The summed E-state index contributed by atoms with van der Waals surface area (Å²) >= 11 is 0.939. The van der Waals surface area contributed by atoms with Crippen molar-refractivity contribution in [2.24, 2.45) is 0 Å². The number of amides is 2. The molecule has 0 radical (unpaired) electrons. The van der Waals surface area contributed by atoms with E-state index in [2.05, 4.69) is 25.9 Å². The van der Waals surface area contributed by atoms with Crippen molar-refractivity contribution in [1.82, 2.24) is 20.0 Å². The van der Waals surface area contributed by atoms with Crippen molar-refractivity contribution in [3.63, 3.8) is 0 Å². The Balaban J connectivity index is 1.71. The topological polar surface area (TPSA) is 198 Å². The fourth-order valence-corrected chi connectivity index (χ4v) is 4.13. The third kappa shape index (κ3) is 5.80. The van der Waals surface area contributed by atoms with Gasteiger partial charge in [-0.25, -0.2) is 4.79 Å². The van der Waals surface area contributed by atoms with Crippen molar-refractivity contribution in [2.75, 3.05) is 31.0 Å². The molecule has 0 bridgehead atoms. The van der Waals surface area contributed by atoms with Gasteiger partial charge >= 0.3 is 5.63 Å². The minimum absolute atomic E-state index is 0.0237. The molecule has 196 valence electrons. The number of carbonyl (C=O) groups excluding carboxylic acids is 2. The third-order valence-electron chi connectivity index (χ3n) is 5.00. The maximum Gasteiger partial charge on any atom is 0.379 e. The normalized spacial score (nSPS) is 10.4. The quantitative estimate of drug-likeness (QED) is 0.292. The number of ether oxygens (including phenoxy) is 2. The largest absolute Gasteiger partial charge is 0.484 e. The molecule has 0 unspecified atom stereocenters. The lowest BCUT2D eigenvalue weighted by Gasteiger charge is -2.13. The SMILES string of the molecule is COCCOc1c(-c2c(C#N)cccc2C#N)cc(C(=O)Nc2nnc(-n3nccc3NC(C)=O)s2)oc1=O. The number of benzene rings is 1. The third-order valence-corrected chi connectivity index (χ3v) is 5.82. The van der Waals surface area contributed by atoms with Crippen LogP contribution in [0.25, 0.3) is 16.3 Å². The number of aromatic nitrogens is 4. The van der Waals surface area contributed by atoms with Crippen LogP contribution in [0.5, 0.6) is 5.75 Å². The molecule has 0 aliphatic carbocycles. The van der Waals surface area contributed by atoms with Crippen molar-refractivity contribution < 1.29 is 23.5 Å². The van der Waals surface area contributed by atoms with Gasteiger partial charge in [0, 0.05) is 31.2 Å². The van der Waals surface area contributed by atoms with E-state index < -0.39 is 17.3 Å². The molecule has 0 fully saturated rings. The first-order valence-electron chi connectivity index (χ1n) is 11.1. The summed E-state index contributed by atoms with van der Waals surface area (Å²) < 4.78 is 17.1. The summed E-state index contributed by atoms with van der Waals surface area (Å²) in [6.07, 6.45) is 1.45. The van der Waals surface area contributed by atoms with Gasteiger partial charge in [0.25, 0.3) is 5.91 Å².